The molecular weight excluding hydrogens is 246 g/mol. The molecule has 2 saturated carbocycles. The maximum Gasteiger partial charge on any atom is 0.310 e. The van der Waals surface area contributed by atoms with Gasteiger partial charge in [0.1, 0.15) is 0 Å². The van der Waals surface area contributed by atoms with Gasteiger partial charge in [0.05, 0.1) is 11.5 Å². The standard InChI is InChI=1S/C14H23NO4/c16-11-5-2-1-4-10(11)9-15-12(17)8-14(13(18)19)6-3-7-14/h10-11,16H,1-9H2,(H,15,17)(H,18,19). The number of nitrogens with one attached hydrogen (secondary N) is 1. The highest BCUT2D eigenvalue weighted by Gasteiger charge is 2.45. The Hall–Kier alpha value is -1.10. The zero-order valence-corrected chi connectivity index (χ0v) is 11.2. The van der Waals surface area contributed by atoms with Crippen molar-refractivity contribution < 1.29 is 19.8 Å². The number of hydrogen-bond acceptors (Lipinski definition) is 3. The lowest BCUT2D eigenvalue weighted by molar-refractivity contribution is -0.157. The molecule has 3 N–H and O–H groups in total. The van der Waals surface area contributed by atoms with Crippen LogP contribution in [0, 0.1) is 11.3 Å². The highest BCUT2D eigenvalue weighted by atomic mass is 16.4. The molecule has 1 amide bonds. The third kappa shape index (κ3) is 3.26. The van der Waals surface area contributed by atoms with Crippen molar-refractivity contribution in [3.05, 3.63) is 0 Å². The number of aliphatic hydroxyl groups excluding tert-OH is 1. The van der Waals surface area contributed by atoms with Gasteiger partial charge in [-0.05, 0) is 25.7 Å². The maximum absolute atomic E-state index is 11.8. The lowest BCUT2D eigenvalue weighted by Gasteiger charge is -2.37. The van der Waals surface area contributed by atoms with Gasteiger partial charge in [0.15, 0.2) is 0 Å². The summed E-state index contributed by atoms with van der Waals surface area (Å²) in [5.74, 6) is -0.925. The lowest BCUT2D eigenvalue weighted by Crippen LogP contribution is -2.44. The first-order valence-electron chi connectivity index (χ1n) is 7.22. The average Bonchev–Trinajstić information content (AvgIpc) is 2.32. The van der Waals surface area contributed by atoms with E-state index in [-0.39, 0.29) is 24.3 Å². The first kappa shape index (κ1) is 14.3. The lowest BCUT2D eigenvalue weighted by atomic mass is 9.66. The summed E-state index contributed by atoms with van der Waals surface area (Å²) < 4.78 is 0. The van der Waals surface area contributed by atoms with Crippen molar-refractivity contribution in [2.45, 2.75) is 57.5 Å². The van der Waals surface area contributed by atoms with Crippen LogP contribution in [-0.4, -0.2) is 34.7 Å². The molecule has 0 aromatic heterocycles. The maximum atomic E-state index is 11.8. The molecule has 0 aromatic rings. The van der Waals surface area contributed by atoms with E-state index >= 15 is 0 Å². The van der Waals surface area contributed by atoms with Crippen molar-refractivity contribution >= 4 is 11.9 Å². The van der Waals surface area contributed by atoms with Crippen LogP contribution < -0.4 is 5.32 Å². The third-order valence-corrected chi connectivity index (χ3v) is 4.69. The molecule has 0 aliphatic heterocycles. The number of carbonyl (C=O) groups is 2. The van der Waals surface area contributed by atoms with Gasteiger partial charge in [-0.25, -0.2) is 0 Å². The summed E-state index contributed by atoms with van der Waals surface area (Å²) >= 11 is 0. The number of amides is 1. The molecule has 19 heavy (non-hydrogen) atoms. The molecular formula is C14H23NO4. The first-order chi connectivity index (χ1) is 9.03. The van der Waals surface area contributed by atoms with Gasteiger partial charge >= 0.3 is 5.97 Å². The van der Waals surface area contributed by atoms with Gasteiger partial charge in [-0.3, -0.25) is 9.59 Å². The summed E-state index contributed by atoms with van der Waals surface area (Å²) in [6.07, 6.45) is 5.72. The fourth-order valence-corrected chi connectivity index (χ4v) is 3.11. The van der Waals surface area contributed by atoms with Crippen molar-refractivity contribution in [1.29, 1.82) is 0 Å². The zero-order valence-electron chi connectivity index (χ0n) is 11.2. The Kier molecular flexibility index (Phi) is 4.45. The molecule has 5 heteroatoms. The van der Waals surface area contributed by atoms with Crippen LogP contribution in [0.2, 0.25) is 0 Å². The largest absolute Gasteiger partial charge is 0.481 e. The number of carboxylic acids is 1. The van der Waals surface area contributed by atoms with Gasteiger partial charge in [-0.2, -0.15) is 0 Å². The Morgan fingerprint density at radius 3 is 2.37 bits per heavy atom. The summed E-state index contributed by atoms with van der Waals surface area (Å²) in [5.41, 5.74) is -0.824. The first-order valence-corrected chi connectivity index (χ1v) is 7.22. The molecule has 108 valence electrons. The second-order valence-electron chi connectivity index (χ2n) is 6.03. The molecule has 2 aliphatic carbocycles. The number of hydrogen-bond donors (Lipinski definition) is 3. The number of aliphatic carboxylic acids is 1. The molecule has 0 saturated heterocycles. The van der Waals surface area contributed by atoms with Crippen molar-refractivity contribution in [1.82, 2.24) is 5.32 Å². The van der Waals surface area contributed by atoms with Crippen molar-refractivity contribution in [3.8, 4) is 0 Å². The Morgan fingerprint density at radius 2 is 1.84 bits per heavy atom. The smallest absolute Gasteiger partial charge is 0.310 e. The van der Waals surface area contributed by atoms with Gasteiger partial charge < -0.3 is 15.5 Å². The van der Waals surface area contributed by atoms with Crippen LogP contribution in [0.25, 0.3) is 0 Å². The van der Waals surface area contributed by atoms with E-state index in [1.54, 1.807) is 0 Å². The van der Waals surface area contributed by atoms with Gasteiger partial charge in [0.25, 0.3) is 0 Å². The van der Waals surface area contributed by atoms with Crippen molar-refractivity contribution in [3.63, 3.8) is 0 Å². The third-order valence-electron chi connectivity index (χ3n) is 4.69. The average molecular weight is 269 g/mol. The second kappa shape index (κ2) is 5.90. The summed E-state index contributed by atoms with van der Waals surface area (Å²) in [7, 11) is 0. The minimum absolute atomic E-state index is 0.0746. The number of rotatable bonds is 5. The van der Waals surface area contributed by atoms with Crippen molar-refractivity contribution in [2.75, 3.05) is 6.54 Å². The van der Waals surface area contributed by atoms with E-state index in [2.05, 4.69) is 5.32 Å². The molecule has 5 nitrogen and oxygen atoms in total. The van der Waals surface area contributed by atoms with Crippen LogP contribution in [0.1, 0.15) is 51.4 Å². The van der Waals surface area contributed by atoms with E-state index in [1.165, 1.54) is 0 Å². The Morgan fingerprint density at radius 1 is 1.16 bits per heavy atom. The van der Waals surface area contributed by atoms with E-state index in [4.69, 9.17) is 0 Å². The molecule has 0 heterocycles. The zero-order chi connectivity index (χ0) is 13.9. The van der Waals surface area contributed by atoms with Gasteiger partial charge in [0, 0.05) is 18.9 Å². The van der Waals surface area contributed by atoms with E-state index in [0.29, 0.717) is 19.4 Å². The minimum Gasteiger partial charge on any atom is -0.481 e. The number of carbonyl (C=O) groups excluding carboxylic acids is 1. The van der Waals surface area contributed by atoms with Crippen LogP contribution >= 0.6 is 0 Å². The second-order valence-corrected chi connectivity index (χ2v) is 6.03. The van der Waals surface area contributed by atoms with E-state index in [9.17, 15) is 19.8 Å². The predicted molar refractivity (Wildman–Crippen MR) is 69.5 cm³/mol. The van der Waals surface area contributed by atoms with Crippen LogP contribution in [0.4, 0.5) is 0 Å². The van der Waals surface area contributed by atoms with Gasteiger partial charge in [-0.1, -0.05) is 19.3 Å². The fraction of sp³-hybridized carbons (Fsp3) is 0.857. The highest BCUT2D eigenvalue weighted by molar-refractivity contribution is 5.85. The van der Waals surface area contributed by atoms with Crippen LogP contribution in [-0.2, 0) is 9.59 Å². The SMILES string of the molecule is O=C(CC1(C(=O)O)CCC1)NCC1CCCCC1O. The van der Waals surface area contributed by atoms with E-state index < -0.39 is 11.4 Å². The molecule has 2 unspecified atom stereocenters. The molecule has 2 aliphatic rings. The highest BCUT2D eigenvalue weighted by Crippen LogP contribution is 2.44. The normalized spacial score (nSPS) is 29.3. The quantitative estimate of drug-likeness (QED) is 0.702. The topological polar surface area (TPSA) is 86.6 Å². The number of aliphatic hydroxyl groups is 1. The summed E-state index contributed by atoms with van der Waals surface area (Å²) in [4.78, 5) is 23.0. The molecule has 0 spiro atoms. The van der Waals surface area contributed by atoms with Crippen LogP contribution in [0.5, 0.6) is 0 Å². The molecule has 0 bridgehead atoms. The van der Waals surface area contributed by atoms with E-state index in [0.717, 1.165) is 32.1 Å². The Bertz CT molecular complexity index is 351. The summed E-state index contributed by atoms with van der Waals surface area (Å²) in [6.45, 7) is 0.468. The molecule has 0 aromatic carbocycles. The molecule has 2 atom stereocenters. The van der Waals surface area contributed by atoms with E-state index in [1.807, 2.05) is 0 Å². The Balaban J connectivity index is 1.76. The fourth-order valence-electron chi connectivity index (χ4n) is 3.11. The Labute approximate surface area is 113 Å². The van der Waals surface area contributed by atoms with Crippen molar-refractivity contribution in [2.24, 2.45) is 11.3 Å². The molecule has 2 fully saturated rings. The summed E-state index contributed by atoms with van der Waals surface area (Å²) in [6, 6.07) is 0. The summed E-state index contributed by atoms with van der Waals surface area (Å²) in [5, 5.41) is 21.8. The minimum atomic E-state index is -0.855. The molecule has 0 radical (unpaired) electrons. The monoisotopic (exact) mass is 269 g/mol. The predicted octanol–water partition coefficient (Wildman–Crippen LogP) is 1.30. The number of carboxylic acid groups (broad SMARTS) is 1. The van der Waals surface area contributed by atoms with Gasteiger partial charge in [0.2, 0.25) is 5.91 Å². The van der Waals surface area contributed by atoms with Gasteiger partial charge in [-0.15, -0.1) is 0 Å². The van der Waals surface area contributed by atoms with Crippen LogP contribution in [0.15, 0.2) is 0 Å². The van der Waals surface area contributed by atoms with Crippen LogP contribution in [0.3, 0.4) is 0 Å². The molecule has 2 rings (SSSR count).